The Morgan fingerprint density at radius 1 is 1.03 bits per heavy atom. The molecule has 1 saturated heterocycles. The van der Waals surface area contributed by atoms with Crippen LogP contribution in [0.1, 0.15) is 29.5 Å². The SMILES string of the molecule is COc1ccc(C)cc1S(=O)(=O)N1CCCC(C(=O)Nc2cc(C(F)(F)F)cc(C(F)(F)F)c2)C1. The second-order valence-corrected chi connectivity index (χ2v) is 10.0. The number of carbonyl (C=O) groups is 1. The minimum absolute atomic E-state index is 0.0419. The number of carbonyl (C=O) groups excluding carboxylic acids is 1. The van der Waals surface area contributed by atoms with Crippen LogP contribution in [0.5, 0.6) is 5.75 Å². The Kier molecular flexibility index (Phi) is 7.42. The van der Waals surface area contributed by atoms with Gasteiger partial charge < -0.3 is 10.1 Å². The van der Waals surface area contributed by atoms with Crippen LogP contribution in [0.15, 0.2) is 41.3 Å². The molecule has 35 heavy (non-hydrogen) atoms. The molecule has 1 N–H and O–H groups in total. The fourth-order valence-corrected chi connectivity index (χ4v) is 5.53. The van der Waals surface area contributed by atoms with Crippen molar-refractivity contribution in [3.8, 4) is 5.75 Å². The van der Waals surface area contributed by atoms with Gasteiger partial charge in [-0.15, -0.1) is 0 Å². The minimum Gasteiger partial charge on any atom is -0.495 e. The van der Waals surface area contributed by atoms with Gasteiger partial charge in [0.05, 0.1) is 24.2 Å². The second kappa shape index (κ2) is 9.69. The lowest BCUT2D eigenvalue weighted by Crippen LogP contribution is -2.43. The lowest BCUT2D eigenvalue weighted by Gasteiger charge is -2.31. The number of aryl methyl sites for hydroxylation is 1. The standard InChI is InChI=1S/C22H22F6N2O4S/c1-13-5-6-18(34-2)19(8-13)35(32,33)30-7-3-4-14(12-30)20(31)29-17-10-15(21(23,24)25)9-16(11-17)22(26,27)28/h5-6,8-11,14H,3-4,7,12H2,1-2H3,(H,29,31). The first-order chi connectivity index (χ1) is 16.1. The third-order valence-electron chi connectivity index (χ3n) is 5.55. The van der Waals surface area contributed by atoms with Crippen LogP contribution in [-0.4, -0.2) is 38.8 Å². The van der Waals surface area contributed by atoms with Crippen molar-refractivity contribution in [2.24, 2.45) is 5.92 Å². The van der Waals surface area contributed by atoms with Crippen molar-refractivity contribution in [3.05, 3.63) is 53.1 Å². The molecular formula is C22H22F6N2O4S. The van der Waals surface area contributed by atoms with Crippen LogP contribution in [0.2, 0.25) is 0 Å². The van der Waals surface area contributed by atoms with Crippen molar-refractivity contribution in [1.82, 2.24) is 4.31 Å². The van der Waals surface area contributed by atoms with E-state index in [1.54, 1.807) is 13.0 Å². The van der Waals surface area contributed by atoms with Gasteiger partial charge in [0.1, 0.15) is 10.6 Å². The number of halogens is 6. The number of benzene rings is 2. The summed E-state index contributed by atoms with van der Waals surface area (Å²) in [5.41, 5.74) is -3.16. The lowest BCUT2D eigenvalue weighted by atomic mass is 9.98. The Morgan fingerprint density at radius 3 is 2.17 bits per heavy atom. The van der Waals surface area contributed by atoms with E-state index in [2.05, 4.69) is 5.32 Å². The van der Waals surface area contributed by atoms with Crippen LogP contribution in [0.3, 0.4) is 0 Å². The molecule has 3 rings (SSSR count). The number of hydrogen-bond donors (Lipinski definition) is 1. The zero-order valence-electron chi connectivity index (χ0n) is 18.6. The van der Waals surface area contributed by atoms with Crippen LogP contribution in [0, 0.1) is 12.8 Å². The second-order valence-electron chi connectivity index (χ2n) is 8.14. The van der Waals surface area contributed by atoms with Gasteiger partial charge >= 0.3 is 12.4 Å². The summed E-state index contributed by atoms with van der Waals surface area (Å²) in [6.07, 6.45) is -9.66. The molecule has 0 aromatic heterocycles. The smallest absolute Gasteiger partial charge is 0.416 e. The summed E-state index contributed by atoms with van der Waals surface area (Å²) < 4.78 is 111. The highest BCUT2D eigenvalue weighted by molar-refractivity contribution is 7.89. The molecule has 1 heterocycles. The molecule has 0 bridgehead atoms. The van der Waals surface area contributed by atoms with Crippen LogP contribution >= 0.6 is 0 Å². The van der Waals surface area contributed by atoms with E-state index in [4.69, 9.17) is 4.74 Å². The fourth-order valence-electron chi connectivity index (χ4n) is 3.77. The maximum absolute atomic E-state index is 13.2. The van der Waals surface area contributed by atoms with Gasteiger partial charge in [0, 0.05) is 18.8 Å². The fraction of sp³-hybridized carbons (Fsp3) is 0.409. The largest absolute Gasteiger partial charge is 0.495 e. The third-order valence-corrected chi connectivity index (χ3v) is 7.43. The number of sulfonamides is 1. The van der Waals surface area contributed by atoms with Crippen LogP contribution < -0.4 is 10.1 Å². The van der Waals surface area contributed by atoms with Gasteiger partial charge in [0.15, 0.2) is 0 Å². The summed E-state index contributed by atoms with van der Waals surface area (Å²) in [7, 11) is -2.78. The Hall–Kier alpha value is -2.80. The number of nitrogens with one attached hydrogen (secondary N) is 1. The number of methoxy groups -OCH3 is 1. The zero-order valence-corrected chi connectivity index (χ0v) is 19.4. The molecule has 2 aromatic rings. The van der Waals surface area contributed by atoms with Crippen molar-refractivity contribution >= 4 is 21.6 Å². The Labute approximate surface area is 197 Å². The predicted molar refractivity (Wildman–Crippen MR) is 114 cm³/mol. The summed E-state index contributed by atoms with van der Waals surface area (Å²) in [4.78, 5) is 12.7. The van der Waals surface area contributed by atoms with Crippen molar-refractivity contribution < 1.29 is 44.3 Å². The van der Waals surface area contributed by atoms with E-state index in [0.717, 1.165) is 4.31 Å². The minimum atomic E-state index is -5.07. The van der Waals surface area contributed by atoms with E-state index >= 15 is 0 Å². The van der Waals surface area contributed by atoms with Gasteiger partial charge in [0.2, 0.25) is 15.9 Å². The molecule has 1 aliphatic heterocycles. The number of hydrogen-bond acceptors (Lipinski definition) is 4. The first-order valence-corrected chi connectivity index (χ1v) is 11.8. The number of anilines is 1. The number of ether oxygens (including phenoxy) is 1. The van der Waals surface area contributed by atoms with Crippen molar-refractivity contribution in [3.63, 3.8) is 0 Å². The van der Waals surface area contributed by atoms with Crippen molar-refractivity contribution in [2.75, 3.05) is 25.5 Å². The highest BCUT2D eigenvalue weighted by Gasteiger charge is 2.38. The Morgan fingerprint density at radius 2 is 1.63 bits per heavy atom. The van der Waals surface area contributed by atoms with E-state index in [9.17, 15) is 39.6 Å². The van der Waals surface area contributed by atoms with Gasteiger partial charge in [-0.2, -0.15) is 30.6 Å². The summed E-state index contributed by atoms with van der Waals surface area (Å²) in [5, 5.41) is 2.09. The molecule has 1 unspecified atom stereocenters. The first-order valence-electron chi connectivity index (χ1n) is 10.4. The molecule has 2 aromatic carbocycles. The maximum Gasteiger partial charge on any atom is 0.416 e. The average Bonchev–Trinajstić information content (AvgIpc) is 2.77. The number of amides is 1. The molecule has 0 saturated carbocycles. The van der Waals surface area contributed by atoms with E-state index in [-0.39, 0.29) is 42.6 Å². The quantitative estimate of drug-likeness (QED) is 0.554. The summed E-state index contributed by atoms with van der Waals surface area (Å²) in [5.74, 6) is -1.77. The number of piperidine rings is 1. The molecule has 13 heteroatoms. The predicted octanol–water partition coefficient (Wildman–Crippen LogP) is 5.08. The van der Waals surface area contributed by atoms with E-state index in [0.29, 0.717) is 17.7 Å². The molecule has 0 spiro atoms. The Balaban J connectivity index is 1.85. The molecule has 6 nitrogen and oxygen atoms in total. The average molecular weight is 524 g/mol. The van der Waals surface area contributed by atoms with E-state index in [1.807, 2.05) is 0 Å². The van der Waals surface area contributed by atoms with E-state index < -0.39 is 51.0 Å². The van der Waals surface area contributed by atoms with Crippen molar-refractivity contribution in [2.45, 2.75) is 37.0 Å². The number of alkyl halides is 6. The monoisotopic (exact) mass is 524 g/mol. The zero-order chi connectivity index (χ0) is 26.2. The molecule has 1 amide bonds. The van der Waals surface area contributed by atoms with Crippen LogP contribution in [0.4, 0.5) is 32.0 Å². The number of nitrogens with zero attached hydrogens (tertiary/aromatic N) is 1. The third kappa shape index (κ3) is 6.07. The molecular weight excluding hydrogens is 502 g/mol. The molecule has 0 radical (unpaired) electrons. The topological polar surface area (TPSA) is 75.7 Å². The van der Waals surface area contributed by atoms with Gasteiger partial charge in [-0.25, -0.2) is 8.42 Å². The lowest BCUT2D eigenvalue weighted by molar-refractivity contribution is -0.143. The summed E-state index contributed by atoms with van der Waals surface area (Å²) in [6.45, 7) is 1.48. The van der Waals surface area contributed by atoms with E-state index in [1.165, 1.54) is 19.2 Å². The van der Waals surface area contributed by atoms with Crippen molar-refractivity contribution in [1.29, 1.82) is 0 Å². The van der Waals surface area contributed by atoms with Crippen LogP contribution in [0.25, 0.3) is 0 Å². The van der Waals surface area contributed by atoms with Gasteiger partial charge in [-0.1, -0.05) is 6.07 Å². The molecule has 1 fully saturated rings. The molecule has 1 atom stereocenters. The summed E-state index contributed by atoms with van der Waals surface area (Å²) in [6, 6.07) is 5.33. The van der Waals surface area contributed by atoms with Gasteiger partial charge in [-0.3, -0.25) is 4.79 Å². The van der Waals surface area contributed by atoms with Gasteiger partial charge in [-0.05, 0) is 55.7 Å². The highest BCUT2D eigenvalue weighted by atomic mass is 32.2. The number of rotatable bonds is 5. The highest BCUT2D eigenvalue weighted by Crippen LogP contribution is 2.38. The normalized spacial score (nSPS) is 17.8. The molecule has 1 aliphatic rings. The van der Waals surface area contributed by atoms with Gasteiger partial charge in [0.25, 0.3) is 0 Å². The maximum atomic E-state index is 13.2. The van der Waals surface area contributed by atoms with Crippen LogP contribution in [-0.2, 0) is 27.2 Å². The first kappa shape index (κ1) is 26.8. The molecule has 192 valence electrons. The summed E-state index contributed by atoms with van der Waals surface area (Å²) >= 11 is 0. The Bertz CT molecular complexity index is 1180. The molecule has 0 aliphatic carbocycles.